The Morgan fingerprint density at radius 3 is 2.60 bits per heavy atom. The molecule has 1 amide bonds. The highest BCUT2D eigenvalue weighted by Gasteiger charge is 2.13. The molecule has 1 aromatic heterocycles. The minimum Gasteiger partial charge on any atom is -0.494 e. The van der Waals surface area contributed by atoms with Crippen LogP contribution in [0, 0.1) is 5.82 Å². The van der Waals surface area contributed by atoms with Gasteiger partial charge in [0, 0.05) is 19.2 Å². The zero-order valence-corrected chi connectivity index (χ0v) is 13.9. The zero-order chi connectivity index (χ0) is 17.8. The molecule has 7 heteroatoms. The Morgan fingerprint density at radius 1 is 1.24 bits per heavy atom. The Labute approximate surface area is 144 Å². The van der Waals surface area contributed by atoms with Gasteiger partial charge in [-0.2, -0.15) is 5.10 Å². The van der Waals surface area contributed by atoms with E-state index in [1.807, 2.05) is 0 Å². The number of carbonyl (C=O) groups excluding carboxylic acids is 1. The second kappa shape index (κ2) is 7.12. The van der Waals surface area contributed by atoms with Crippen molar-refractivity contribution in [2.24, 2.45) is 0 Å². The predicted molar refractivity (Wildman–Crippen MR) is 90.1 cm³/mol. The average molecular weight is 340 g/mol. The van der Waals surface area contributed by atoms with Gasteiger partial charge in [0.2, 0.25) is 0 Å². The topological polar surface area (TPSA) is 60.2 Å². The molecule has 128 valence electrons. The number of benzene rings is 2. The number of halogens is 1. The Kier molecular flexibility index (Phi) is 4.74. The SMILES string of the molecule is COc1ccc(CN(C)C(=O)c2ccc(-n3cncn3)cc2)cc1F. The molecule has 0 bridgehead atoms. The van der Waals surface area contributed by atoms with Crippen LogP contribution < -0.4 is 4.74 Å². The third-order valence-electron chi connectivity index (χ3n) is 3.78. The molecule has 0 aliphatic carbocycles. The van der Waals surface area contributed by atoms with Crippen molar-refractivity contribution in [3.05, 3.63) is 72.1 Å². The molecule has 25 heavy (non-hydrogen) atoms. The van der Waals surface area contributed by atoms with Crippen molar-refractivity contribution < 1.29 is 13.9 Å². The molecule has 0 atom stereocenters. The van der Waals surface area contributed by atoms with E-state index in [9.17, 15) is 9.18 Å². The number of methoxy groups -OCH3 is 1. The molecular formula is C18H17FN4O2. The van der Waals surface area contributed by atoms with E-state index in [0.29, 0.717) is 17.7 Å². The lowest BCUT2D eigenvalue weighted by molar-refractivity contribution is 0.0785. The van der Waals surface area contributed by atoms with Crippen LogP contribution in [0.1, 0.15) is 15.9 Å². The van der Waals surface area contributed by atoms with Crippen LogP contribution in [0.15, 0.2) is 55.1 Å². The van der Waals surface area contributed by atoms with Gasteiger partial charge in [-0.1, -0.05) is 6.07 Å². The summed E-state index contributed by atoms with van der Waals surface area (Å²) in [6, 6.07) is 11.7. The van der Waals surface area contributed by atoms with E-state index in [-0.39, 0.29) is 11.7 Å². The number of aromatic nitrogens is 3. The van der Waals surface area contributed by atoms with Gasteiger partial charge in [-0.05, 0) is 42.0 Å². The molecule has 0 aliphatic rings. The highest BCUT2D eigenvalue weighted by atomic mass is 19.1. The van der Waals surface area contributed by atoms with E-state index in [1.165, 1.54) is 24.4 Å². The summed E-state index contributed by atoms with van der Waals surface area (Å²) < 4.78 is 20.3. The Hall–Kier alpha value is -3.22. The summed E-state index contributed by atoms with van der Waals surface area (Å²) in [4.78, 5) is 17.9. The molecule has 3 rings (SSSR count). The lowest BCUT2D eigenvalue weighted by Gasteiger charge is -2.18. The maximum atomic E-state index is 13.8. The van der Waals surface area contributed by atoms with Gasteiger partial charge in [0.1, 0.15) is 12.7 Å². The normalized spacial score (nSPS) is 10.5. The van der Waals surface area contributed by atoms with E-state index in [4.69, 9.17) is 4.74 Å². The van der Waals surface area contributed by atoms with Crippen LogP contribution in [0.2, 0.25) is 0 Å². The van der Waals surface area contributed by atoms with Crippen molar-refractivity contribution >= 4 is 5.91 Å². The molecule has 0 fully saturated rings. The molecule has 0 aliphatic heterocycles. The standard InChI is InChI=1S/C18H17FN4O2/c1-22(10-13-3-8-17(25-2)16(19)9-13)18(24)14-4-6-15(7-5-14)23-12-20-11-21-23/h3-9,11-12H,10H2,1-2H3. The first-order valence-electron chi connectivity index (χ1n) is 7.61. The summed E-state index contributed by atoms with van der Waals surface area (Å²) >= 11 is 0. The molecule has 0 N–H and O–H groups in total. The molecule has 0 spiro atoms. The van der Waals surface area contributed by atoms with E-state index in [1.54, 1.807) is 54.5 Å². The number of hydrogen-bond acceptors (Lipinski definition) is 4. The fourth-order valence-corrected chi connectivity index (χ4v) is 2.47. The van der Waals surface area contributed by atoms with Gasteiger partial charge < -0.3 is 9.64 Å². The number of rotatable bonds is 5. The van der Waals surface area contributed by atoms with Crippen LogP contribution in [0.4, 0.5) is 4.39 Å². The lowest BCUT2D eigenvalue weighted by Crippen LogP contribution is -2.26. The third kappa shape index (κ3) is 3.65. The molecule has 0 saturated heterocycles. The number of nitrogens with zero attached hydrogens (tertiary/aromatic N) is 4. The maximum absolute atomic E-state index is 13.8. The fourth-order valence-electron chi connectivity index (χ4n) is 2.47. The van der Waals surface area contributed by atoms with Crippen LogP contribution in [0.3, 0.4) is 0 Å². The highest BCUT2D eigenvalue weighted by molar-refractivity contribution is 5.94. The van der Waals surface area contributed by atoms with Crippen molar-refractivity contribution in [1.29, 1.82) is 0 Å². The van der Waals surface area contributed by atoms with Crippen molar-refractivity contribution in [2.45, 2.75) is 6.54 Å². The number of hydrogen-bond donors (Lipinski definition) is 0. The number of carbonyl (C=O) groups is 1. The summed E-state index contributed by atoms with van der Waals surface area (Å²) in [5, 5.41) is 4.04. The average Bonchev–Trinajstić information content (AvgIpc) is 3.16. The summed E-state index contributed by atoms with van der Waals surface area (Å²) in [7, 11) is 3.09. The summed E-state index contributed by atoms with van der Waals surface area (Å²) in [5.74, 6) is -0.416. The van der Waals surface area contributed by atoms with Crippen molar-refractivity contribution in [1.82, 2.24) is 19.7 Å². The second-order valence-corrected chi connectivity index (χ2v) is 5.52. The van der Waals surface area contributed by atoms with E-state index >= 15 is 0 Å². The van der Waals surface area contributed by atoms with Crippen molar-refractivity contribution in [2.75, 3.05) is 14.2 Å². The first-order chi connectivity index (χ1) is 12.1. The molecule has 1 heterocycles. The summed E-state index contributed by atoms with van der Waals surface area (Å²) in [5.41, 5.74) is 2.04. The molecular weight excluding hydrogens is 323 g/mol. The van der Waals surface area contributed by atoms with Gasteiger partial charge in [-0.15, -0.1) is 0 Å². The Morgan fingerprint density at radius 2 is 2.00 bits per heavy atom. The smallest absolute Gasteiger partial charge is 0.253 e. The van der Waals surface area contributed by atoms with Gasteiger partial charge in [-0.3, -0.25) is 4.79 Å². The molecule has 2 aromatic carbocycles. The molecule has 3 aromatic rings. The fraction of sp³-hybridized carbons (Fsp3) is 0.167. The third-order valence-corrected chi connectivity index (χ3v) is 3.78. The lowest BCUT2D eigenvalue weighted by atomic mass is 10.1. The molecule has 0 unspecified atom stereocenters. The van der Waals surface area contributed by atoms with Gasteiger partial charge in [0.05, 0.1) is 12.8 Å². The first-order valence-corrected chi connectivity index (χ1v) is 7.61. The summed E-state index contributed by atoms with van der Waals surface area (Å²) in [6.07, 6.45) is 3.03. The predicted octanol–water partition coefficient (Wildman–Crippen LogP) is 2.69. The van der Waals surface area contributed by atoms with Crippen LogP contribution in [-0.2, 0) is 6.54 Å². The van der Waals surface area contributed by atoms with Crippen LogP contribution >= 0.6 is 0 Å². The molecule has 0 saturated carbocycles. The van der Waals surface area contributed by atoms with E-state index in [2.05, 4.69) is 10.1 Å². The zero-order valence-electron chi connectivity index (χ0n) is 13.9. The van der Waals surface area contributed by atoms with Crippen LogP contribution in [0.5, 0.6) is 5.75 Å². The Bertz CT molecular complexity index is 863. The monoisotopic (exact) mass is 340 g/mol. The minimum absolute atomic E-state index is 0.152. The van der Waals surface area contributed by atoms with Gasteiger partial charge in [0.15, 0.2) is 11.6 Å². The van der Waals surface area contributed by atoms with E-state index in [0.717, 1.165) is 5.69 Å². The maximum Gasteiger partial charge on any atom is 0.253 e. The van der Waals surface area contributed by atoms with E-state index < -0.39 is 5.82 Å². The quantitative estimate of drug-likeness (QED) is 0.716. The Balaban J connectivity index is 1.70. The second-order valence-electron chi connectivity index (χ2n) is 5.52. The number of ether oxygens (including phenoxy) is 1. The molecule has 0 radical (unpaired) electrons. The highest BCUT2D eigenvalue weighted by Crippen LogP contribution is 2.19. The van der Waals surface area contributed by atoms with Gasteiger partial charge in [-0.25, -0.2) is 14.1 Å². The van der Waals surface area contributed by atoms with Crippen LogP contribution in [0.25, 0.3) is 5.69 Å². The molecule has 6 nitrogen and oxygen atoms in total. The van der Waals surface area contributed by atoms with Crippen molar-refractivity contribution in [3.63, 3.8) is 0 Å². The summed E-state index contributed by atoms with van der Waals surface area (Å²) in [6.45, 7) is 0.296. The largest absolute Gasteiger partial charge is 0.494 e. The van der Waals surface area contributed by atoms with Gasteiger partial charge in [0.25, 0.3) is 5.91 Å². The number of amides is 1. The van der Waals surface area contributed by atoms with Crippen molar-refractivity contribution in [3.8, 4) is 11.4 Å². The first kappa shape index (κ1) is 16.6. The van der Waals surface area contributed by atoms with Crippen LogP contribution in [-0.4, -0.2) is 39.7 Å². The minimum atomic E-state index is -0.446. The van der Waals surface area contributed by atoms with Gasteiger partial charge >= 0.3 is 0 Å².